The molecular formula is C23H15N5O5S. The number of amides is 2. The van der Waals surface area contributed by atoms with E-state index in [1.54, 1.807) is 54.7 Å². The molecule has 0 fully saturated rings. The maximum Gasteiger partial charge on any atom is 0.363 e. The largest absolute Gasteiger partial charge is 0.454 e. The van der Waals surface area contributed by atoms with Gasteiger partial charge in [-0.2, -0.15) is 0 Å². The summed E-state index contributed by atoms with van der Waals surface area (Å²) in [6.07, 6.45) is 3.02. The molecule has 5 rings (SSSR count). The van der Waals surface area contributed by atoms with Crippen LogP contribution in [0, 0.1) is 10.1 Å². The van der Waals surface area contributed by atoms with Gasteiger partial charge in [-0.3, -0.25) is 9.59 Å². The second-order valence-electron chi connectivity index (χ2n) is 7.24. The Kier molecular flexibility index (Phi) is 5.44. The van der Waals surface area contributed by atoms with E-state index in [-0.39, 0.29) is 24.2 Å². The molecule has 1 aliphatic rings. The molecule has 0 aliphatic carbocycles. The number of fused-ring (bicyclic) bond motifs is 2. The zero-order valence-electron chi connectivity index (χ0n) is 17.3. The van der Waals surface area contributed by atoms with E-state index in [4.69, 9.17) is 4.74 Å². The average Bonchev–Trinajstić information content (AvgIpc) is 3.27. The molecule has 11 heteroatoms. The van der Waals surface area contributed by atoms with Crippen molar-refractivity contribution in [3.8, 4) is 22.1 Å². The van der Waals surface area contributed by atoms with Gasteiger partial charge in [0.05, 0.1) is 23.4 Å². The minimum atomic E-state index is -0.564. The van der Waals surface area contributed by atoms with Crippen molar-refractivity contribution in [3.63, 3.8) is 0 Å². The number of hydrogen-bond acceptors (Lipinski definition) is 8. The van der Waals surface area contributed by atoms with Gasteiger partial charge in [0.2, 0.25) is 0 Å². The second kappa shape index (κ2) is 8.71. The third kappa shape index (κ3) is 4.19. The van der Waals surface area contributed by atoms with Crippen LogP contribution in [0.1, 0.15) is 25.6 Å². The van der Waals surface area contributed by atoms with Gasteiger partial charge >= 0.3 is 5.82 Å². The first-order valence-electron chi connectivity index (χ1n) is 10.0. The summed E-state index contributed by atoms with van der Waals surface area (Å²) in [5.74, 6) is 0.00781. The minimum Gasteiger partial charge on any atom is -0.454 e. The second-order valence-corrected chi connectivity index (χ2v) is 8.36. The van der Waals surface area contributed by atoms with Gasteiger partial charge in [-0.05, 0) is 46.3 Å². The van der Waals surface area contributed by atoms with Crippen molar-refractivity contribution in [3.05, 3.63) is 93.1 Å². The molecule has 2 aromatic heterocycles. The molecule has 0 unspecified atom stereocenters. The van der Waals surface area contributed by atoms with Crippen molar-refractivity contribution in [1.82, 2.24) is 15.3 Å². The Morgan fingerprint density at radius 2 is 1.94 bits per heavy atom. The summed E-state index contributed by atoms with van der Waals surface area (Å²) in [5.41, 5.74) is 1.82. The van der Waals surface area contributed by atoms with E-state index in [9.17, 15) is 19.7 Å². The van der Waals surface area contributed by atoms with Gasteiger partial charge in [0.1, 0.15) is 10.8 Å². The number of benzene rings is 2. The van der Waals surface area contributed by atoms with Gasteiger partial charge in [0, 0.05) is 22.7 Å². The molecule has 34 heavy (non-hydrogen) atoms. The SMILES string of the molecule is O=C(NCc1cnc(-c2ccc([N+](=O)[O-])nc2)s1)c1ccc2c(c1)NC(=O)c1ccccc1O2. The van der Waals surface area contributed by atoms with Crippen LogP contribution in [0.5, 0.6) is 11.5 Å². The molecule has 0 atom stereocenters. The zero-order chi connectivity index (χ0) is 23.7. The Hall–Kier alpha value is -4.64. The van der Waals surface area contributed by atoms with Crippen molar-refractivity contribution in [2.75, 3.05) is 5.32 Å². The summed E-state index contributed by atoms with van der Waals surface area (Å²) in [6, 6.07) is 14.6. The van der Waals surface area contributed by atoms with Crippen molar-refractivity contribution >= 4 is 34.7 Å². The van der Waals surface area contributed by atoms with Gasteiger partial charge in [-0.1, -0.05) is 12.1 Å². The Labute approximate surface area is 196 Å². The number of nitrogens with one attached hydrogen (secondary N) is 2. The van der Waals surface area contributed by atoms with Crippen LogP contribution >= 0.6 is 11.3 Å². The molecule has 2 amide bonds. The Balaban J connectivity index is 1.27. The van der Waals surface area contributed by atoms with Crippen LogP contribution in [0.4, 0.5) is 11.5 Å². The summed E-state index contributed by atoms with van der Waals surface area (Å²) < 4.78 is 5.84. The number of ether oxygens (including phenoxy) is 1. The molecule has 168 valence electrons. The maximum atomic E-state index is 12.7. The third-order valence-corrected chi connectivity index (χ3v) is 6.05. The first-order valence-corrected chi connectivity index (χ1v) is 10.9. The Bertz CT molecular complexity index is 1430. The summed E-state index contributed by atoms with van der Waals surface area (Å²) in [6.45, 7) is 0.238. The molecule has 10 nitrogen and oxygen atoms in total. The van der Waals surface area contributed by atoms with Crippen LogP contribution in [-0.4, -0.2) is 26.7 Å². The highest BCUT2D eigenvalue weighted by atomic mass is 32.1. The van der Waals surface area contributed by atoms with Gasteiger partial charge in [-0.25, -0.2) is 4.98 Å². The highest BCUT2D eigenvalue weighted by Gasteiger charge is 2.21. The molecule has 3 heterocycles. The maximum absolute atomic E-state index is 12.7. The molecule has 0 radical (unpaired) electrons. The number of hydrogen-bond donors (Lipinski definition) is 2. The number of carbonyl (C=O) groups is 2. The highest BCUT2D eigenvalue weighted by Crippen LogP contribution is 2.36. The standard InChI is InChI=1S/C23H15N5O5S/c29-21(25-11-15-12-26-23(34-15)14-6-8-20(24-10-14)28(31)32)13-5-7-19-17(9-13)27-22(30)16-3-1-2-4-18(16)33-19/h1-10,12H,11H2,(H,25,29)(H,27,30). The average molecular weight is 473 g/mol. The molecule has 2 N–H and O–H groups in total. The van der Waals surface area contributed by atoms with E-state index in [0.717, 1.165) is 4.88 Å². The predicted octanol–water partition coefficient (Wildman–Crippen LogP) is 4.40. The van der Waals surface area contributed by atoms with Crippen LogP contribution < -0.4 is 15.4 Å². The Morgan fingerprint density at radius 3 is 2.74 bits per heavy atom. The summed E-state index contributed by atoms with van der Waals surface area (Å²) in [4.78, 5) is 44.3. The van der Waals surface area contributed by atoms with Crippen LogP contribution in [0.2, 0.25) is 0 Å². The fourth-order valence-corrected chi connectivity index (χ4v) is 4.16. The predicted molar refractivity (Wildman–Crippen MR) is 124 cm³/mol. The number of para-hydroxylation sites is 1. The van der Waals surface area contributed by atoms with Gasteiger partial charge < -0.3 is 25.5 Å². The molecule has 4 aromatic rings. The molecule has 0 saturated carbocycles. The topological polar surface area (TPSA) is 136 Å². The van der Waals surface area contributed by atoms with Gasteiger partial charge in [-0.15, -0.1) is 11.3 Å². The number of nitrogens with zero attached hydrogens (tertiary/aromatic N) is 3. The third-order valence-electron chi connectivity index (χ3n) is 5.00. The van der Waals surface area contributed by atoms with Crippen LogP contribution in [0.15, 0.2) is 67.0 Å². The van der Waals surface area contributed by atoms with Crippen molar-refractivity contribution in [2.45, 2.75) is 6.54 Å². The first kappa shape index (κ1) is 21.2. The number of carbonyl (C=O) groups excluding carboxylic acids is 2. The quantitative estimate of drug-likeness (QED) is 0.324. The lowest BCUT2D eigenvalue weighted by Gasteiger charge is -2.10. The molecular weight excluding hydrogens is 458 g/mol. The number of rotatable bonds is 5. The van der Waals surface area contributed by atoms with Gasteiger partial charge in [0.15, 0.2) is 11.9 Å². The van der Waals surface area contributed by atoms with Crippen molar-refractivity contribution in [2.24, 2.45) is 0 Å². The fourth-order valence-electron chi connectivity index (χ4n) is 3.32. The summed E-state index contributed by atoms with van der Waals surface area (Å²) in [5, 5.41) is 17.0. The number of nitro groups is 1. The van der Waals surface area contributed by atoms with E-state index in [2.05, 4.69) is 20.6 Å². The summed E-state index contributed by atoms with van der Waals surface area (Å²) in [7, 11) is 0. The molecule has 0 bridgehead atoms. The van der Waals surface area contributed by atoms with E-state index >= 15 is 0 Å². The van der Waals surface area contributed by atoms with Gasteiger partial charge in [0.25, 0.3) is 11.8 Å². The lowest BCUT2D eigenvalue weighted by Crippen LogP contribution is -2.22. The van der Waals surface area contributed by atoms with Crippen molar-refractivity contribution < 1.29 is 19.2 Å². The minimum absolute atomic E-state index is 0.237. The van der Waals surface area contributed by atoms with E-state index in [1.807, 2.05) is 0 Å². The molecule has 2 aromatic carbocycles. The smallest absolute Gasteiger partial charge is 0.363 e. The zero-order valence-corrected chi connectivity index (χ0v) is 18.2. The van der Waals surface area contributed by atoms with E-state index < -0.39 is 4.92 Å². The van der Waals surface area contributed by atoms with Crippen LogP contribution in [0.25, 0.3) is 10.6 Å². The van der Waals surface area contributed by atoms with Crippen molar-refractivity contribution in [1.29, 1.82) is 0 Å². The fraction of sp³-hybridized carbons (Fsp3) is 0.0435. The van der Waals surface area contributed by atoms with Crippen LogP contribution in [-0.2, 0) is 6.54 Å². The lowest BCUT2D eigenvalue weighted by molar-refractivity contribution is -0.389. The highest BCUT2D eigenvalue weighted by molar-refractivity contribution is 7.15. The molecule has 0 saturated heterocycles. The molecule has 1 aliphatic heterocycles. The lowest BCUT2D eigenvalue weighted by atomic mass is 10.1. The van der Waals surface area contributed by atoms with Crippen LogP contribution in [0.3, 0.4) is 0 Å². The molecule has 0 spiro atoms. The monoisotopic (exact) mass is 473 g/mol. The number of thiazole rings is 1. The number of aromatic nitrogens is 2. The summed E-state index contributed by atoms with van der Waals surface area (Å²) >= 11 is 1.34. The normalized spacial score (nSPS) is 11.9. The van der Waals surface area contributed by atoms with E-state index in [1.165, 1.54) is 23.6 Å². The Morgan fingerprint density at radius 1 is 1.09 bits per heavy atom. The number of anilines is 1. The number of pyridine rings is 1. The first-order chi connectivity index (χ1) is 16.5. The van der Waals surface area contributed by atoms with E-state index in [0.29, 0.717) is 38.9 Å².